The van der Waals surface area contributed by atoms with E-state index in [-0.39, 0.29) is 11.9 Å². The van der Waals surface area contributed by atoms with E-state index < -0.39 is 6.36 Å². The van der Waals surface area contributed by atoms with Crippen molar-refractivity contribution in [1.82, 2.24) is 0 Å². The van der Waals surface area contributed by atoms with Crippen LogP contribution in [0.5, 0.6) is 5.75 Å². The van der Waals surface area contributed by atoms with Crippen molar-refractivity contribution in [3.8, 4) is 5.75 Å². The number of benzene rings is 1. The van der Waals surface area contributed by atoms with Crippen molar-refractivity contribution in [2.24, 2.45) is 5.73 Å². The van der Waals surface area contributed by atoms with Gasteiger partial charge in [-0.2, -0.15) is 0 Å². The smallest absolute Gasteiger partial charge is 0.406 e. The minimum Gasteiger partial charge on any atom is -0.406 e. The van der Waals surface area contributed by atoms with E-state index in [2.05, 4.69) is 11.7 Å². The molecule has 0 spiro atoms. The molecule has 1 atom stereocenters. The van der Waals surface area contributed by atoms with E-state index in [1.165, 1.54) is 12.1 Å². The van der Waals surface area contributed by atoms with Crippen LogP contribution in [0.15, 0.2) is 24.3 Å². The predicted octanol–water partition coefficient (Wildman–Crippen LogP) is 4.01. The highest BCUT2D eigenvalue weighted by Crippen LogP contribution is 2.23. The monoisotopic (exact) mass is 305 g/mol. The molecule has 0 fully saturated rings. The van der Waals surface area contributed by atoms with E-state index in [9.17, 15) is 13.2 Å². The lowest BCUT2D eigenvalue weighted by atomic mass is 10.1. The van der Waals surface area contributed by atoms with Crippen LogP contribution in [0.1, 0.15) is 38.2 Å². The van der Waals surface area contributed by atoms with Gasteiger partial charge < -0.3 is 15.2 Å². The van der Waals surface area contributed by atoms with Crippen LogP contribution in [0.4, 0.5) is 13.2 Å². The first kappa shape index (κ1) is 17.8. The van der Waals surface area contributed by atoms with Crippen molar-refractivity contribution >= 4 is 0 Å². The van der Waals surface area contributed by atoms with Crippen molar-refractivity contribution < 1.29 is 22.6 Å². The van der Waals surface area contributed by atoms with Gasteiger partial charge in [0, 0.05) is 0 Å². The molecule has 0 aromatic heterocycles. The van der Waals surface area contributed by atoms with Gasteiger partial charge in [0.25, 0.3) is 0 Å². The summed E-state index contributed by atoms with van der Waals surface area (Å²) >= 11 is 0. The molecule has 0 saturated carbocycles. The lowest BCUT2D eigenvalue weighted by molar-refractivity contribution is -0.274. The molecule has 6 heteroatoms. The second kappa shape index (κ2) is 8.89. The summed E-state index contributed by atoms with van der Waals surface area (Å²) in [5, 5.41) is 0. The quantitative estimate of drug-likeness (QED) is 0.749. The Morgan fingerprint density at radius 2 is 1.81 bits per heavy atom. The van der Waals surface area contributed by atoms with Crippen LogP contribution in [-0.4, -0.2) is 19.0 Å². The molecule has 0 aliphatic rings. The maximum Gasteiger partial charge on any atom is 0.573 e. The van der Waals surface area contributed by atoms with Crippen LogP contribution in [0.25, 0.3) is 0 Å². The molecule has 0 aliphatic heterocycles. The summed E-state index contributed by atoms with van der Waals surface area (Å²) in [4.78, 5) is 0. The van der Waals surface area contributed by atoms with Crippen molar-refractivity contribution in [3.05, 3.63) is 29.8 Å². The van der Waals surface area contributed by atoms with Crippen LogP contribution in [-0.2, 0) is 11.3 Å². The Labute approximate surface area is 123 Å². The van der Waals surface area contributed by atoms with Gasteiger partial charge in [0.05, 0.1) is 12.7 Å². The number of rotatable bonds is 9. The molecule has 21 heavy (non-hydrogen) atoms. The Morgan fingerprint density at radius 3 is 2.33 bits per heavy atom. The second-order valence-corrected chi connectivity index (χ2v) is 4.84. The standard InChI is InChI=1S/C15H22F3NO2/c1-2-3-4-13(9-10-19)20-11-12-5-7-14(8-6-12)21-15(16,17)18/h5-8,13H,2-4,9-11,19H2,1H3. The zero-order valence-electron chi connectivity index (χ0n) is 12.2. The average Bonchev–Trinajstić information content (AvgIpc) is 2.42. The van der Waals surface area contributed by atoms with E-state index in [0.717, 1.165) is 31.2 Å². The molecule has 0 radical (unpaired) electrons. The summed E-state index contributed by atoms with van der Waals surface area (Å²) < 4.78 is 45.7. The van der Waals surface area contributed by atoms with E-state index in [1.54, 1.807) is 12.1 Å². The van der Waals surface area contributed by atoms with Gasteiger partial charge in [0.15, 0.2) is 0 Å². The molecule has 0 aliphatic carbocycles. The van der Waals surface area contributed by atoms with E-state index in [0.29, 0.717) is 13.2 Å². The number of hydrogen-bond acceptors (Lipinski definition) is 3. The van der Waals surface area contributed by atoms with Crippen molar-refractivity contribution in [1.29, 1.82) is 0 Å². The minimum atomic E-state index is -4.66. The Bertz CT molecular complexity index is 393. The summed E-state index contributed by atoms with van der Waals surface area (Å²) in [5.41, 5.74) is 6.35. The molecule has 1 unspecified atom stereocenters. The summed E-state index contributed by atoms with van der Waals surface area (Å²) in [6, 6.07) is 5.72. The number of ether oxygens (including phenoxy) is 2. The van der Waals surface area contributed by atoms with Gasteiger partial charge in [-0.1, -0.05) is 31.9 Å². The normalized spacial score (nSPS) is 13.2. The molecule has 120 valence electrons. The Morgan fingerprint density at radius 1 is 1.14 bits per heavy atom. The Kier molecular flexibility index (Phi) is 7.53. The highest BCUT2D eigenvalue weighted by atomic mass is 19.4. The van der Waals surface area contributed by atoms with Gasteiger partial charge >= 0.3 is 6.36 Å². The molecule has 1 aromatic carbocycles. The van der Waals surface area contributed by atoms with Crippen LogP contribution in [0.3, 0.4) is 0 Å². The number of hydrogen-bond donors (Lipinski definition) is 1. The highest BCUT2D eigenvalue weighted by Gasteiger charge is 2.30. The fraction of sp³-hybridized carbons (Fsp3) is 0.600. The van der Waals surface area contributed by atoms with Gasteiger partial charge in [-0.25, -0.2) is 0 Å². The number of halogens is 3. The summed E-state index contributed by atoms with van der Waals surface area (Å²) in [7, 11) is 0. The zero-order valence-corrected chi connectivity index (χ0v) is 12.2. The molecular formula is C15H22F3NO2. The van der Waals surface area contributed by atoms with Crippen molar-refractivity contribution in [3.63, 3.8) is 0 Å². The van der Waals surface area contributed by atoms with Crippen LogP contribution >= 0.6 is 0 Å². The summed E-state index contributed by atoms with van der Waals surface area (Å²) in [6.07, 6.45) is -0.666. The van der Waals surface area contributed by atoms with Gasteiger partial charge in [0.2, 0.25) is 0 Å². The van der Waals surface area contributed by atoms with Gasteiger partial charge in [0.1, 0.15) is 5.75 Å². The van der Waals surface area contributed by atoms with Crippen LogP contribution in [0, 0.1) is 0 Å². The molecule has 3 nitrogen and oxygen atoms in total. The zero-order chi connectivity index (χ0) is 15.7. The summed E-state index contributed by atoms with van der Waals surface area (Å²) in [5.74, 6) is -0.226. The lowest BCUT2D eigenvalue weighted by Gasteiger charge is -2.17. The lowest BCUT2D eigenvalue weighted by Crippen LogP contribution is -2.18. The average molecular weight is 305 g/mol. The number of alkyl halides is 3. The molecule has 0 amide bonds. The maximum absolute atomic E-state index is 12.0. The molecule has 1 rings (SSSR count). The van der Waals surface area contributed by atoms with Crippen LogP contribution in [0.2, 0.25) is 0 Å². The predicted molar refractivity (Wildman–Crippen MR) is 74.9 cm³/mol. The van der Waals surface area contributed by atoms with Gasteiger partial charge in [-0.3, -0.25) is 0 Å². The molecule has 2 N–H and O–H groups in total. The Balaban J connectivity index is 2.46. The van der Waals surface area contributed by atoms with E-state index in [4.69, 9.17) is 10.5 Å². The van der Waals surface area contributed by atoms with Crippen LogP contribution < -0.4 is 10.5 Å². The first-order chi connectivity index (χ1) is 9.94. The molecule has 1 aromatic rings. The largest absolute Gasteiger partial charge is 0.573 e. The SMILES string of the molecule is CCCCC(CCN)OCc1ccc(OC(F)(F)F)cc1. The third-order valence-corrected chi connectivity index (χ3v) is 3.01. The first-order valence-electron chi connectivity index (χ1n) is 7.11. The minimum absolute atomic E-state index is 0.0982. The third kappa shape index (κ3) is 7.92. The molecule has 0 bridgehead atoms. The van der Waals surface area contributed by atoms with E-state index >= 15 is 0 Å². The number of nitrogens with two attached hydrogens (primary N) is 1. The molecule has 0 saturated heterocycles. The topological polar surface area (TPSA) is 44.5 Å². The first-order valence-corrected chi connectivity index (χ1v) is 7.11. The summed E-state index contributed by atoms with van der Waals surface area (Å²) in [6.45, 7) is 3.03. The second-order valence-electron chi connectivity index (χ2n) is 4.84. The molecule has 0 heterocycles. The Hall–Kier alpha value is -1.27. The maximum atomic E-state index is 12.0. The van der Waals surface area contributed by atoms with Gasteiger partial charge in [-0.05, 0) is 37.1 Å². The fourth-order valence-corrected chi connectivity index (χ4v) is 1.93. The van der Waals surface area contributed by atoms with Crippen molar-refractivity contribution in [2.75, 3.05) is 6.54 Å². The molecular weight excluding hydrogens is 283 g/mol. The van der Waals surface area contributed by atoms with Gasteiger partial charge in [-0.15, -0.1) is 13.2 Å². The highest BCUT2D eigenvalue weighted by molar-refractivity contribution is 5.27. The fourth-order valence-electron chi connectivity index (χ4n) is 1.93. The van der Waals surface area contributed by atoms with Crippen molar-refractivity contribution in [2.45, 2.75) is 51.7 Å². The van der Waals surface area contributed by atoms with E-state index in [1.807, 2.05) is 0 Å². The number of unbranched alkanes of at least 4 members (excludes halogenated alkanes) is 1. The third-order valence-electron chi connectivity index (χ3n) is 3.01.